The number of carbonyl (C=O) groups excluding carboxylic acids is 2. The third kappa shape index (κ3) is 4.49. The Labute approximate surface area is 164 Å². The van der Waals surface area contributed by atoms with Crippen molar-refractivity contribution in [2.24, 2.45) is 4.99 Å². The standard InChI is InChI=1S/C21H24N4O3/c1-4-28-18-11-7-16(8-12-18)15(3)23-21(27)20-22-13-19(26)25(24-20)17-9-5-14(2)6-10-17/h5-12,15H,4,13H2,1-3H3,(H,22,24)(H,23,27). The average Bonchev–Trinajstić information content (AvgIpc) is 2.70. The summed E-state index contributed by atoms with van der Waals surface area (Å²) in [7, 11) is 0. The maximum atomic E-state index is 12.6. The number of hydrogen-bond donors (Lipinski definition) is 2. The van der Waals surface area contributed by atoms with Gasteiger partial charge in [0.15, 0.2) is 0 Å². The highest BCUT2D eigenvalue weighted by atomic mass is 16.5. The lowest BCUT2D eigenvalue weighted by Gasteiger charge is -2.28. The summed E-state index contributed by atoms with van der Waals surface area (Å²) >= 11 is 0. The molecule has 0 aliphatic carbocycles. The van der Waals surface area contributed by atoms with Gasteiger partial charge in [-0.3, -0.25) is 20.0 Å². The SMILES string of the molecule is CCOc1ccc(C(C)NC(=O)C2=NCC(=O)N(c3ccc(C)cc3)N2)cc1. The van der Waals surface area contributed by atoms with Crippen molar-refractivity contribution in [2.75, 3.05) is 18.2 Å². The lowest BCUT2D eigenvalue weighted by Crippen LogP contribution is -2.56. The summed E-state index contributed by atoms with van der Waals surface area (Å²) < 4.78 is 5.43. The van der Waals surface area contributed by atoms with E-state index < -0.39 is 0 Å². The van der Waals surface area contributed by atoms with E-state index in [1.165, 1.54) is 5.01 Å². The first-order chi connectivity index (χ1) is 13.5. The lowest BCUT2D eigenvalue weighted by atomic mass is 10.1. The molecule has 2 aromatic rings. The van der Waals surface area contributed by atoms with Crippen molar-refractivity contribution in [1.82, 2.24) is 10.7 Å². The fourth-order valence-corrected chi connectivity index (χ4v) is 2.81. The first kappa shape index (κ1) is 19.4. The van der Waals surface area contributed by atoms with Crippen LogP contribution in [0.3, 0.4) is 0 Å². The van der Waals surface area contributed by atoms with Crippen LogP contribution in [0.4, 0.5) is 5.69 Å². The van der Waals surface area contributed by atoms with Gasteiger partial charge in [0.05, 0.1) is 18.3 Å². The minimum atomic E-state index is -0.369. The maximum Gasteiger partial charge on any atom is 0.288 e. The highest BCUT2D eigenvalue weighted by Gasteiger charge is 2.26. The van der Waals surface area contributed by atoms with Crippen LogP contribution in [0.1, 0.15) is 31.0 Å². The molecule has 0 bridgehead atoms. The van der Waals surface area contributed by atoms with Gasteiger partial charge in [-0.2, -0.15) is 0 Å². The van der Waals surface area contributed by atoms with Crippen LogP contribution in [0.25, 0.3) is 0 Å². The van der Waals surface area contributed by atoms with Crippen LogP contribution in [0.2, 0.25) is 0 Å². The second-order valence-corrected chi connectivity index (χ2v) is 6.54. The number of hydrazine groups is 1. The van der Waals surface area contributed by atoms with E-state index in [9.17, 15) is 9.59 Å². The largest absolute Gasteiger partial charge is 0.494 e. The third-order valence-electron chi connectivity index (χ3n) is 4.39. The van der Waals surface area contributed by atoms with Crippen LogP contribution >= 0.6 is 0 Å². The second-order valence-electron chi connectivity index (χ2n) is 6.54. The topological polar surface area (TPSA) is 83.0 Å². The van der Waals surface area contributed by atoms with Gasteiger partial charge in [0.25, 0.3) is 11.8 Å². The average molecular weight is 380 g/mol. The lowest BCUT2D eigenvalue weighted by molar-refractivity contribution is -0.118. The minimum Gasteiger partial charge on any atom is -0.494 e. The highest BCUT2D eigenvalue weighted by molar-refractivity contribution is 6.39. The van der Waals surface area contributed by atoms with Crippen molar-refractivity contribution >= 4 is 23.3 Å². The molecule has 2 N–H and O–H groups in total. The molecule has 1 aliphatic rings. The number of benzene rings is 2. The number of aryl methyl sites for hydroxylation is 1. The molecule has 1 unspecified atom stereocenters. The Kier molecular flexibility index (Phi) is 5.93. The zero-order valence-corrected chi connectivity index (χ0v) is 16.2. The fraction of sp³-hybridized carbons (Fsp3) is 0.286. The Morgan fingerprint density at radius 3 is 2.54 bits per heavy atom. The Morgan fingerprint density at radius 1 is 1.21 bits per heavy atom. The number of aliphatic imine (C=N–C) groups is 1. The summed E-state index contributed by atoms with van der Waals surface area (Å²) in [5.41, 5.74) is 5.52. The van der Waals surface area contributed by atoms with Gasteiger partial charge in [-0.25, -0.2) is 5.01 Å². The molecule has 1 heterocycles. The molecule has 0 fully saturated rings. The van der Waals surface area contributed by atoms with Crippen LogP contribution in [0.15, 0.2) is 53.5 Å². The molecule has 2 amide bonds. The van der Waals surface area contributed by atoms with E-state index in [0.29, 0.717) is 12.3 Å². The van der Waals surface area contributed by atoms with E-state index in [1.807, 2.05) is 69.3 Å². The summed E-state index contributed by atoms with van der Waals surface area (Å²) in [6.07, 6.45) is 0. The van der Waals surface area contributed by atoms with E-state index in [4.69, 9.17) is 4.74 Å². The summed E-state index contributed by atoms with van der Waals surface area (Å²) in [6.45, 7) is 6.31. The first-order valence-electron chi connectivity index (χ1n) is 9.22. The number of amidine groups is 1. The van der Waals surface area contributed by atoms with E-state index in [2.05, 4.69) is 15.7 Å². The minimum absolute atomic E-state index is 0.0823. The van der Waals surface area contributed by atoms with Gasteiger partial charge >= 0.3 is 0 Å². The van der Waals surface area contributed by atoms with Crippen molar-refractivity contribution in [3.05, 3.63) is 59.7 Å². The summed E-state index contributed by atoms with van der Waals surface area (Å²) in [5.74, 6) is 0.305. The molecular formula is C21H24N4O3. The molecule has 3 rings (SSSR count). The van der Waals surface area contributed by atoms with Gasteiger partial charge in [-0.05, 0) is 50.6 Å². The Balaban J connectivity index is 1.66. The quantitative estimate of drug-likeness (QED) is 0.807. The molecule has 0 saturated carbocycles. The number of nitrogens with zero attached hydrogens (tertiary/aromatic N) is 2. The molecule has 7 nitrogen and oxygen atoms in total. The molecule has 28 heavy (non-hydrogen) atoms. The zero-order valence-electron chi connectivity index (χ0n) is 16.2. The number of nitrogens with one attached hydrogen (secondary N) is 2. The molecule has 0 saturated heterocycles. The number of hydrogen-bond acceptors (Lipinski definition) is 5. The van der Waals surface area contributed by atoms with Crippen LogP contribution in [0.5, 0.6) is 5.75 Å². The number of ether oxygens (including phenoxy) is 1. The van der Waals surface area contributed by atoms with Gasteiger partial charge in [-0.15, -0.1) is 0 Å². The summed E-state index contributed by atoms with van der Waals surface area (Å²) in [4.78, 5) is 28.9. The van der Waals surface area contributed by atoms with Crippen molar-refractivity contribution in [3.8, 4) is 5.75 Å². The predicted octanol–water partition coefficient (Wildman–Crippen LogP) is 2.52. The highest BCUT2D eigenvalue weighted by Crippen LogP contribution is 2.18. The van der Waals surface area contributed by atoms with E-state index >= 15 is 0 Å². The van der Waals surface area contributed by atoms with Gasteiger partial charge in [0, 0.05) is 0 Å². The Hall–Kier alpha value is -3.35. The van der Waals surface area contributed by atoms with Crippen molar-refractivity contribution in [1.29, 1.82) is 0 Å². The van der Waals surface area contributed by atoms with E-state index in [0.717, 1.165) is 16.9 Å². The van der Waals surface area contributed by atoms with E-state index in [1.54, 1.807) is 0 Å². The molecule has 146 valence electrons. The number of carbonyl (C=O) groups is 2. The van der Waals surface area contributed by atoms with Gasteiger partial charge in [0.1, 0.15) is 12.3 Å². The Bertz CT molecular complexity index is 876. The summed E-state index contributed by atoms with van der Waals surface area (Å²) in [6, 6.07) is 14.8. The third-order valence-corrected chi connectivity index (χ3v) is 4.39. The second kappa shape index (κ2) is 8.56. The fourth-order valence-electron chi connectivity index (χ4n) is 2.81. The predicted molar refractivity (Wildman–Crippen MR) is 108 cm³/mol. The normalized spacial score (nSPS) is 14.8. The van der Waals surface area contributed by atoms with Crippen molar-refractivity contribution in [2.45, 2.75) is 26.8 Å². The van der Waals surface area contributed by atoms with Gasteiger partial charge < -0.3 is 10.1 Å². The number of rotatable bonds is 6. The molecule has 7 heteroatoms. The maximum absolute atomic E-state index is 12.6. The molecule has 2 aromatic carbocycles. The number of amides is 2. The molecule has 0 spiro atoms. The molecule has 0 aromatic heterocycles. The summed E-state index contributed by atoms with van der Waals surface area (Å²) in [5, 5.41) is 4.25. The smallest absolute Gasteiger partial charge is 0.288 e. The molecular weight excluding hydrogens is 356 g/mol. The van der Waals surface area contributed by atoms with Crippen LogP contribution < -0.4 is 20.5 Å². The Morgan fingerprint density at radius 2 is 1.89 bits per heavy atom. The van der Waals surface area contributed by atoms with Crippen LogP contribution in [-0.2, 0) is 9.59 Å². The van der Waals surface area contributed by atoms with Crippen molar-refractivity contribution < 1.29 is 14.3 Å². The number of anilines is 1. The van der Waals surface area contributed by atoms with Crippen LogP contribution in [0, 0.1) is 6.92 Å². The first-order valence-corrected chi connectivity index (χ1v) is 9.22. The van der Waals surface area contributed by atoms with Crippen LogP contribution in [-0.4, -0.2) is 30.8 Å². The van der Waals surface area contributed by atoms with Gasteiger partial charge in [-0.1, -0.05) is 29.8 Å². The van der Waals surface area contributed by atoms with Crippen molar-refractivity contribution in [3.63, 3.8) is 0 Å². The monoisotopic (exact) mass is 380 g/mol. The molecule has 1 aliphatic heterocycles. The molecule has 0 radical (unpaired) electrons. The van der Waals surface area contributed by atoms with E-state index in [-0.39, 0.29) is 30.2 Å². The zero-order chi connectivity index (χ0) is 20.1. The molecule has 1 atom stereocenters. The van der Waals surface area contributed by atoms with Gasteiger partial charge in [0.2, 0.25) is 5.84 Å².